The Balaban J connectivity index is 0.000000121. The van der Waals surface area contributed by atoms with Crippen LogP contribution in [0.2, 0.25) is 10.0 Å². The topological polar surface area (TPSA) is 117 Å². The Labute approximate surface area is 499 Å². The van der Waals surface area contributed by atoms with Crippen molar-refractivity contribution in [3.63, 3.8) is 0 Å². The summed E-state index contributed by atoms with van der Waals surface area (Å²) in [5.74, 6) is -0.0268. The third kappa shape index (κ3) is 11.0. The molecule has 11 heteroatoms. The Bertz CT molecular complexity index is 4470. The molecule has 0 saturated carbocycles. The number of halogens is 3. The van der Waals surface area contributed by atoms with Gasteiger partial charge in [0.05, 0.1) is 10.0 Å². The summed E-state index contributed by atoms with van der Waals surface area (Å²) in [7, 11) is 0. The van der Waals surface area contributed by atoms with Crippen LogP contribution in [0.3, 0.4) is 0 Å². The van der Waals surface area contributed by atoms with Gasteiger partial charge in [0.25, 0.3) is 11.9 Å². The second-order valence-corrected chi connectivity index (χ2v) is 20.6. The van der Waals surface area contributed by atoms with E-state index in [4.69, 9.17) is 57.3 Å². The van der Waals surface area contributed by atoms with E-state index in [0.717, 1.165) is 36.1 Å². The molecule has 81 heavy (non-hydrogen) atoms. The van der Waals surface area contributed by atoms with Gasteiger partial charge in [-0.25, -0.2) is 0 Å². The van der Waals surface area contributed by atoms with Crippen LogP contribution in [0.15, 0.2) is 239 Å². The van der Waals surface area contributed by atoms with Crippen LogP contribution < -0.4 is 4.74 Å². The van der Waals surface area contributed by atoms with Crippen LogP contribution in [0, 0.1) is 0 Å². The molecule has 1 heterocycles. The third-order valence-electron chi connectivity index (χ3n) is 13.9. The standard InChI is InChI=1S/C22H13ClO.C22H12O.C16H9Br.C6H5ClO.2C2H4O2.Pd/c23-19-10-3-4-11-21(19)24-20-13-12-17-15-7-2-1-6-14(15)16-8-5-9-18(20)22(16)17;1-2-7-14-13(6-1)16-9-5-10-17-21(16)18(14)12-19-15-8-3-4-11-20(15)23-22(17)19;17-15-9-8-13-11-5-2-1-4-10(11)12-6-3-7-14(15)16(12)13;7-5-3-1-2-4-6(5)8;2*1-2(3)4;/h1-13H;1-12H;1-9H;1-4,8H;2*1H3,(H,3,4);. The molecule has 400 valence electrons. The SMILES string of the molecule is Brc1ccc2c3c(cccc13)-c1ccccc1-2.CC(=O)O.CC(=O)O.Clc1ccccc1Oc1ccc2c3c(cccc13)-c1ccccc1-2.Oc1ccccc1Cl.[Pd].c1ccc2c(c1)-c1cccc3c1c-2cc1c2ccccc2oc31. The summed E-state index contributed by atoms with van der Waals surface area (Å²) in [5.41, 5.74) is 17.8. The minimum atomic E-state index is -0.833. The molecule has 7 nitrogen and oxygen atoms in total. The molecule has 1 aromatic heterocycles. The number of carboxylic acid groups (broad SMARTS) is 2. The van der Waals surface area contributed by atoms with Gasteiger partial charge in [-0.1, -0.05) is 215 Å². The van der Waals surface area contributed by atoms with Crippen molar-refractivity contribution in [2.75, 3.05) is 0 Å². The number of carbonyl (C=O) groups is 2. The van der Waals surface area contributed by atoms with Gasteiger partial charge in [0.15, 0.2) is 0 Å². The van der Waals surface area contributed by atoms with Gasteiger partial charge in [-0.3, -0.25) is 9.59 Å². The Morgan fingerprint density at radius 2 is 0.778 bits per heavy atom. The first-order valence-corrected chi connectivity index (χ1v) is 27.1. The molecule has 0 atom stereocenters. The average molecular weight is 1260 g/mol. The van der Waals surface area contributed by atoms with Crippen molar-refractivity contribution in [2.24, 2.45) is 0 Å². The van der Waals surface area contributed by atoms with Crippen molar-refractivity contribution in [1.82, 2.24) is 0 Å². The first kappa shape index (κ1) is 55.8. The molecular formula is C70H47BrCl2O7Pd. The molecule has 0 aliphatic heterocycles. The van der Waals surface area contributed by atoms with Crippen molar-refractivity contribution >= 4 is 105 Å². The predicted molar refractivity (Wildman–Crippen MR) is 331 cm³/mol. The summed E-state index contributed by atoms with van der Waals surface area (Å²) in [4.78, 5) is 18.0. The van der Waals surface area contributed by atoms with Crippen LogP contribution in [-0.4, -0.2) is 27.3 Å². The first-order valence-electron chi connectivity index (χ1n) is 25.6. The zero-order chi connectivity index (χ0) is 55.6. The number of ether oxygens (including phenoxy) is 1. The minimum absolute atomic E-state index is 0. The van der Waals surface area contributed by atoms with Crippen LogP contribution in [-0.2, 0) is 30.0 Å². The Kier molecular flexibility index (Phi) is 16.6. The molecule has 3 aliphatic rings. The summed E-state index contributed by atoms with van der Waals surface area (Å²) in [6.45, 7) is 2.17. The molecule has 0 bridgehead atoms. The number of aromatic hydroxyl groups is 1. The molecule has 0 fully saturated rings. The first-order chi connectivity index (χ1) is 38.9. The molecule has 0 amide bonds. The molecule has 0 saturated heterocycles. The molecule has 12 aromatic carbocycles. The summed E-state index contributed by atoms with van der Waals surface area (Å²) < 4.78 is 13.5. The largest absolute Gasteiger partial charge is 0.506 e. The molecule has 0 spiro atoms. The van der Waals surface area contributed by atoms with Gasteiger partial charge in [-0.2, -0.15) is 0 Å². The van der Waals surface area contributed by atoms with E-state index in [2.05, 4.69) is 180 Å². The normalized spacial score (nSPS) is 10.9. The maximum atomic E-state index is 9.00. The molecule has 16 rings (SSSR count). The van der Waals surface area contributed by atoms with Crippen LogP contribution in [0.1, 0.15) is 13.8 Å². The number of phenolic OH excluding ortho intramolecular Hbond substituents is 1. The number of furan rings is 1. The Morgan fingerprint density at radius 3 is 1.30 bits per heavy atom. The number of hydrogen-bond donors (Lipinski definition) is 3. The van der Waals surface area contributed by atoms with E-state index in [1.54, 1.807) is 24.3 Å². The number of hydrogen-bond acceptors (Lipinski definition) is 5. The van der Waals surface area contributed by atoms with Crippen molar-refractivity contribution in [3.05, 3.63) is 245 Å². The number of benzene rings is 12. The predicted octanol–water partition coefficient (Wildman–Crippen LogP) is 20.8. The fourth-order valence-electron chi connectivity index (χ4n) is 10.8. The minimum Gasteiger partial charge on any atom is -0.506 e. The number of phenols is 1. The van der Waals surface area contributed by atoms with E-state index >= 15 is 0 Å². The number of carboxylic acids is 2. The zero-order valence-electron chi connectivity index (χ0n) is 43.4. The number of rotatable bonds is 2. The van der Waals surface area contributed by atoms with Gasteiger partial charge >= 0.3 is 0 Å². The fraction of sp³-hybridized carbons (Fsp3) is 0.0286. The van der Waals surface area contributed by atoms with E-state index in [0.29, 0.717) is 15.8 Å². The van der Waals surface area contributed by atoms with E-state index in [1.807, 2.05) is 42.5 Å². The van der Waals surface area contributed by atoms with Crippen LogP contribution in [0.5, 0.6) is 17.2 Å². The molecule has 3 N–H and O–H groups in total. The Hall–Kier alpha value is -8.52. The second kappa shape index (κ2) is 24.1. The monoisotopic (exact) mass is 1250 g/mol. The van der Waals surface area contributed by atoms with Gasteiger partial charge < -0.3 is 24.5 Å². The van der Waals surface area contributed by atoms with Crippen LogP contribution in [0.4, 0.5) is 0 Å². The van der Waals surface area contributed by atoms with E-state index in [1.165, 1.54) is 109 Å². The van der Waals surface area contributed by atoms with Gasteiger partial charge in [-0.05, 0) is 132 Å². The van der Waals surface area contributed by atoms with Crippen molar-refractivity contribution < 1.29 is 54.5 Å². The summed E-state index contributed by atoms with van der Waals surface area (Å²) in [5, 5.41) is 34.6. The van der Waals surface area contributed by atoms with Crippen molar-refractivity contribution in [3.8, 4) is 84.0 Å². The number of para-hydroxylation sites is 3. The summed E-state index contributed by atoms with van der Waals surface area (Å²) in [6.07, 6.45) is 0. The second-order valence-electron chi connectivity index (χ2n) is 18.9. The van der Waals surface area contributed by atoms with E-state index in [9.17, 15) is 0 Å². The van der Waals surface area contributed by atoms with E-state index < -0.39 is 11.9 Å². The molecule has 0 radical (unpaired) electrons. The fourth-order valence-corrected chi connectivity index (χ4v) is 11.6. The Morgan fingerprint density at radius 1 is 0.395 bits per heavy atom. The number of fused-ring (bicyclic) bond motifs is 13. The smallest absolute Gasteiger partial charge is 0.300 e. The third-order valence-corrected chi connectivity index (χ3v) is 15.2. The average Bonchev–Trinajstić information content (AvgIpc) is 3.85. The van der Waals surface area contributed by atoms with Gasteiger partial charge in [0.2, 0.25) is 0 Å². The van der Waals surface area contributed by atoms with Gasteiger partial charge in [0, 0.05) is 71.1 Å². The van der Waals surface area contributed by atoms with Crippen molar-refractivity contribution in [2.45, 2.75) is 13.8 Å². The molecule has 13 aromatic rings. The maximum absolute atomic E-state index is 9.00. The van der Waals surface area contributed by atoms with Crippen LogP contribution in [0.25, 0.3) is 121 Å². The number of aliphatic carboxylic acids is 2. The quantitative estimate of drug-likeness (QED) is 0.148. The van der Waals surface area contributed by atoms with E-state index in [-0.39, 0.29) is 26.2 Å². The molecule has 3 aliphatic carbocycles. The van der Waals surface area contributed by atoms with Crippen molar-refractivity contribution in [1.29, 1.82) is 0 Å². The summed E-state index contributed by atoms with van der Waals surface area (Å²) >= 11 is 15.3. The maximum Gasteiger partial charge on any atom is 0.300 e. The van der Waals surface area contributed by atoms with Crippen LogP contribution >= 0.6 is 39.1 Å². The summed E-state index contributed by atoms with van der Waals surface area (Å²) in [6, 6.07) is 78.6. The van der Waals surface area contributed by atoms with Gasteiger partial charge in [0.1, 0.15) is 28.4 Å². The molecule has 0 unspecified atom stereocenters. The van der Waals surface area contributed by atoms with Gasteiger partial charge in [-0.15, -0.1) is 0 Å². The zero-order valence-corrected chi connectivity index (χ0v) is 48.0. The molecular weight excluding hydrogens is 1210 g/mol.